The van der Waals surface area contributed by atoms with Gasteiger partial charge in [-0.05, 0) is 18.6 Å². The maximum absolute atomic E-state index is 13.1. The summed E-state index contributed by atoms with van der Waals surface area (Å²) in [5, 5.41) is -0.0122. The monoisotopic (exact) mass is 443 g/mol. The van der Waals surface area contributed by atoms with Gasteiger partial charge < -0.3 is 5.73 Å². The second kappa shape index (κ2) is 14.1. The molecule has 170 valence electrons. The third kappa shape index (κ3) is 9.76. The van der Waals surface area contributed by atoms with Gasteiger partial charge in [0.05, 0.1) is 11.9 Å². The van der Waals surface area contributed by atoms with Crippen molar-refractivity contribution in [3.05, 3.63) is 66.2 Å². The van der Waals surface area contributed by atoms with Gasteiger partial charge in [-0.1, -0.05) is 113 Å². The Morgan fingerprint density at radius 1 is 0.839 bits per heavy atom. The third-order valence-corrected chi connectivity index (χ3v) is 6.64. The van der Waals surface area contributed by atoms with Gasteiger partial charge >= 0.3 is 0 Å². The fourth-order valence-corrected chi connectivity index (χ4v) is 4.77. The van der Waals surface area contributed by atoms with Crippen molar-refractivity contribution >= 4 is 20.8 Å². The van der Waals surface area contributed by atoms with Gasteiger partial charge in [-0.15, -0.1) is 0 Å². The first kappa shape index (κ1) is 25.2. The maximum atomic E-state index is 13.1. The molecular formula is C25H37N3O2S. The Labute approximate surface area is 188 Å². The second-order valence-electron chi connectivity index (χ2n) is 7.96. The zero-order valence-corrected chi connectivity index (χ0v) is 19.5. The topological polar surface area (TPSA) is 84.5 Å². The quantitative estimate of drug-likeness (QED) is 0.165. The second-order valence-corrected chi connectivity index (χ2v) is 9.59. The summed E-state index contributed by atoms with van der Waals surface area (Å²) in [7, 11) is -3.86. The highest BCUT2D eigenvalue weighted by molar-refractivity contribution is 8.05. The summed E-state index contributed by atoms with van der Waals surface area (Å²) < 4.78 is 28.8. The molecule has 2 aromatic carbocycles. The summed E-state index contributed by atoms with van der Waals surface area (Å²) in [5.74, 6) is 0. The largest absolute Gasteiger partial charge is 0.315 e. The summed E-state index contributed by atoms with van der Waals surface area (Å²) in [5.41, 5.74) is 7.24. The molecule has 0 saturated carbocycles. The smallest absolute Gasteiger partial charge is 0.259 e. The lowest BCUT2D eigenvalue weighted by molar-refractivity contribution is 0.503. The number of sulfonamides is 1. The Bertz CT molecular complexity index is 868. The van der Waals surface area contributed by atoms with Crippen molar-refractivity contribution in [1.29, 1.82) is 0 Å². The lowest BCUT2D eigenvalue weighted by atomic mass is 10.1. The van der Waals surface area contributed by atoms with Crippen LogP contribution in [0.4, 0.5) is 5.69 Å². The predicted molar refractivity (Wildman–Crippen MR) is 131 cm³/mol. The van der Waals surface area contributed by atoms with Crippen molar-refractivity contribution in [3.8, 4) is 0 Å². The van der Waals surface area contributed by atoms with Crippen molar-refractivity contribution in [2.45, 2.75) is 77.3 Å². The van der Waals surface area contributed by atoms with Crippen LogP contribution in [0.25, 0.3) is 0 Å². The number of nitrogens with zero attached hydrogens (tertiary/aromatic N) is 1. The molecule has 1 atom stereocenters. The molecule has 0 spiro atoms. The molecule has 0 aromatic heterocycles. The van der Waals surface area contributed by atoms with Gasteiger partial charge in [0.2, 0.25) is 0 Å². The highest BCUT2D eigenvalue weighted by atomic mass is 32.2. The van der Waals surface area contributed by atoms with E-state index < -0.39 is 16.2 Å². The van der Waals surface area contributed by atoms with E-state index in [1.54, 1.807) is 36.4 Å². The van der Waals surface area contributed by atoms with Crippen LogP contribution >= 0.6 is 0 Å². The number of rotatable bonds is 14. The SMILES string of the molecule is CCCCCCCCCCCC(N)NS(=O)(=O)C(=Nc1ccccc1)c1ccccc1. The van der Waals surface area contributed by atoms with E-state index in [0.717, 1.165) is 12.8 Å². The van der Waals surface area contributed by atoms with Gasteiger partial charge in [-0.3, -0.25) is 0 Å². The minimum atomic E-state index is -3.86. The van der Waals surface area contributed by atoms with Crippen LogP contribution in [0.15, 0.2) is 65.7 Å². The van der Waals surface area contributed by atoms with E-state index in [0.29, 0.717) is 17.7 Å². The Balaban J connectivity index is 1.90. The standard InChI is InChI=1S/C25H37N3O2S/c1-2-3-4-5-6-7-8-9-16-21-24(26)28-31(29,30)25(22-17-12-10-13-18-22)27-23-19-14-11-15-20-23/h10-15,17-20,24,28H,2-9,16,21,26H2,1H3. The summed E-state index contributed by atoms with van der Waals surface area (Å²) in [6, 6.07) is 18.0. The molecule has 0 aliphatic rings. The van der Waals surface area contributed by atoms with Gasteiger partial charge in [0, 0.05) is 5.56 Å². The summed E-state index contributed by atoms with van der Waals surface area (Å²) in [4.78, 5) is 4.42. The molecule has 0 saturated heterocycles. The molecule has 0 aliphatic carbocycles. The fraction of sp³-hybridized carbons (Fsp3) is 0.480. The molecule has 3 N–H and O–H groups in total. The average molecular weight is 444 g/mol. The number of benzene rings is 2. The van der Waals surface area contributed by atoms with Crippen LogP contribution < -0.4 is 10.5 Å². The Hall–Kier alpha value is -2.02. The average Bonchev–Trinajstić information content (AvgIpc) is 2.77. The highest BCUT2D eigenvalue weighted by Crippen LogP contribution is 2.17. The first-order valence-electron chi connectivity index (χ1n) is 11.5. The van der Waals surface area contributed by atoms with E-state index in [1.807, 2.05) is 24.3 Å². The summed E-state index contributed by atoms with van der Waals surface area (Å²) >= 11 is 0. The molecule has 0 fully saturated rings. The van der Waals surface area contributed by atoms with Crippen LogP contribution in [0, 0.1) is 0 Å². The minimum Gasteiger partial charge on any atom is -0.315 e. The molecule has 31 heavy (non-hydrogen) atoms. The molecule has 0 amide bonds. The van der Waals surface area contributed by atoms with Gasteiger partial charge in [-0.25, -0.2) is 13.4 Å². The summed E-state index contributed by atoms with van der Waals surface area (Å²) in [6.45, 7) is 2.23. The van der Waals surface area contributed by atoms with Crippen molar-refractivity contribution in [2.75, 3.05) is 0 Å². The number of nitrogens with two attached hydrogens (primary N) is 1. The molecule has 0 aliphatic heterocycles. The molecule has 2 rings (SSSR count). The third-order valence-electron chi connectivity index (χ3n) is 5.19. The Kier molecular flexibility index (Phi) is 11.5. The summed E-state index contributed by atoms with van der Waals surface area (Å²) in [6.07, 6.45) is 10.9. The lowest BCUT2D eigenvalue weighted by Crippen LogP contribution is -2.44. The lowest BCUT2D eigenvalue weighted by Gasteiger charge is -2.16. The van der Waals surface area contributed by atoms with Crippen LogP contribution in [-0.4, -0.2) is 19.6 Å². The molecule has 6 heteroatoms. The van der Waals surface area contributed by atoms with Crippen LogP contribution in [-0.2, 0) is 10.0 Å². The molecule has 2 aromatic rings. The first-order chi connectivity index (χ1) is 15.0. The van der Waals surface area contributed by atoms with E-state index >= 15 is 0 Å². The highest BCUT2D eigenvalue weighted by Gasteiger charge is 2.24. The van der Waals surface area contributed by atoms with Gasteiger partial charge in [0.1, 0.15) is 0 Å². The molecule has 0 heterocycles. The number of hydrogen-bond donors (Lipinski definition) is 2. The maximum Gasteiger partial charge on any atom is 0.259 e. The van der Waals surface area contributed by atoms with Crippen molar-refractivity contribution in [1.82, 2.24) is 4.72 Å². The number of unbranched alkanes of at least 4 members (excludes halogenated alkanes) is 8. The normalized spacial score (nSPS) is 13.3. The zero-order valence-electron chi connectivity index (χ0n) is 18.7. The van der Waals surface area contributed by atoms with Crippen LogP contribution in [0.5, 0.6) is 0 Å². The molecule has 0 bridgehead atoms. The van der Waals surface area contributed by atoms with Crippen molar-refractivity contribution < 1.29 is 8.42 Å². The van der Waals surface area contributed by atoms with Crippen LogP contribution in [0.1, 0.15) is 76.7 Å². The van der Waals surface area contributed by atoms with Gasteiger partial charge in [0.15, 0.2) is 5.04 Å². The molecular weight excluding hydrogens is 406 g/mol. The minimum absolute atomic E-state index is 0.0122. The van der Waals surface area contributed by atoms with E-state index in [1.165, 1.54) is 44.9 Å². The van der Waals surface area contributed by atoms with Gasteiger partial charge in [-0.2, -0.15) is 4.72 Å². The van der Waals surface area contributed by atoms with E-state index in [2.05, 4.69) is 16.6 Å². The Morgan fingerprint density at radius 2 is 1.35 bits per heavy atom. The predicted octanol–water partition coefficient (Wildman–Crippen LogP) is 5.89. The fourth-order valence-electron chi connectivity index (χ4n) is 3.47. The van der Waals surface area contributed by atoms with E-state index in [9.17, 15) is 8.42 Å². The Morgan fingerprint density at radius 3 is 1.94 bits per heavy atom. The molecule has 0 radical (unpaired) electrons. The van der Waals surface area contributed by atoms with Crippen LogP contribution in [0.3, 0.4) is 0 Å². The van der Waals surface area contributed by atoms with E-state index in [4.69, 9.17) is 5.73 Å². The van der Waals surface area contributed by atoms with E-state index in [-0.39, 0.29) is 5.04 Å². The number of aliphatic imine (C=N–C) groups is 1. The molecule has 1 unspecified atom stereocenters. The zero-order chi connectivity index (χ0) is 22.4. The molecule has 5 nitrogen and oxygen atoms in total. The van der Waals surface area contributed by atoms with Crippen LogP contribution in [0.2, 0.25) is 0 Å². The van der Waals surface area contributed by atoms with Crippen molar-refractivity contribution in [3.63, 3.8) is 0 Å². The van der Waals surface area contributed by atoms with Crippen molar-refractivity contribution in [2.24, 2.45) is 10.7 Å². The number of nitrogens with one attached hydrogen (secondary N) is 1. The first-order valence-corrected chi connectivity index (χ1v) is 13.0. The number of hydrogen-bond acceptors (Lipinski definition) is 4. The van der Waals surface area contributed by atoms with Gasteiger partial charge in [0.25, 0.3) is 10.0 Å². The number of para-hydroxylation sites is 1.